The fraction of sp³-hybridized carbons (Fsp3) is 0.429. The summed E-state index contributed by atoms with van der Waals surface area (Å²) in [7, 11) is 0. The fourth-order valence-corrected chi connectivity index (χ4v) is 2.25. The van der Waals surface area contributed by atoms with Gasteiger partial charge in [-0.15, -0.1) is 0 Å². The van der Waals surface area contributed by atoms with Crippen molar-refractivity contribution in [3.8, 4) is 5.75 Å². The Labute approximate surface area is 111 Å². The van der Waals surface area contributed by atoms with Gasteiger partial charge in [-0.1, -0.05) is 18.2 Å². The highest BCUT2D eigenvalue weighted by molar-refractivity contribution is 5.79. The Morgan fingerprint density at radius 1 is 1.47 bits per heavy atom. The minimum absolute atomic E-state index is 0.101. The first-order chi connectivity index (χ1) is 9.13. The molecule has 0 spiro atoms. The highest BCUT2D eigenvalue weighted by atomic mass is 16.5. The molecule has 5 nitrogen and oxygen atoms in total. The lowest BCUT2D eigenvalue weighted by molar-refractivity contribution is -0.142. The summed E-state index contributed by atoms with van der Waals surface area (Å²) in [5.74, 6) is -1.24. The summed E-state index contributed by atoms with van der Waals surface area (Å²) in [4.78, 5) is 22.7. The first-order valence-electron chi connectivity index (χ1n) is 6.26. The molecular weight excluding hydrogens is 248 g/mol. The Balaban J connectivity index is 2.30. The number of para-hydroxylation sites is 1. The molecule has 0 fully saturated rings. The molecule has 1 atom stereocenters. The molecule has 1 heterocycles. The topological polar surface area (TPSA) is 72.8 Å². The summed E-state index contributed by atoms with van der Waals surface area (Å²) in [6.45, 7) is 2.42. The number of benzene rings is 1. The SMILES string of the molecule is CCOC(=O)Cc1cccc2c1OCCC2C(=O)O. The van der Waals surface area contributed by atoms with E-state index in [1.807, 2.05) is 0 Å². The van der Waals surface area contributed by atoms with Crippen LogP contribution in [-0.4, -0.2) is 30.3 Å². The van der Waals surface area contributed by atoms with Crippen LogP contribution in [0, 0.1) is 0 Å². The van der Waals surface area contributed by atoms with E-state index in [9.17, 15) is 14.7 Å². The number of carboxylic acid groups (broad SMARTS) is 1. The Bertz CT molecular complexity index is 495. The first kappa shape index (κ1) is 13.4. The van der Waals surface area contributed by atoms with Crippen LogP contribution in [0.1, 0.15) is 30.4 Å². The first-order valence-corrected chi connectivity index (χ1v) is 6.26. The van der Waals surface area contributed by atoms with Crippen LogP contribution in [0.4, 0.5) is 0 Å². The maximum absolute atomic E-state index is 11.5. The number of carbonyl (C=O) groups excluding carboxylic acids is 1. The van der Waals surface area contributed by atoms with Gasteiger partial charge in [-0.3, -0.25) is 9.59 Å². The molecule has 1 aromatic carbocycles. The summed E-state index contributed by atoms with van der Waals surface area (Å²) in [6.07, 6.45) is 0.550. The second kappa shape index (κ2) is 5.73. The highest BCUT2D eigenvalue weighted by Gasteiger charge is 2.29. The predicted molar refractivity (Wildman–Crippen MR) is 67.3 cm³/mol. The maximum Gasteiger partial charge on any atom is 0.311 e. The molecule has 0 amide bonds. The smallest absolute Gasteiger partial charge is 0.311 e. The molecule has 5 heteroatoms. The molecule has 0 radical (unpaired) electrons. The van der Waals surface area contributed by atoms with E-state index in [1.165, 1.54) is 0 Å². The van der Waals surface area contributed by atoms with E-state index in [4.69, 9.17) is 9.47 Å². The number of rotatable bonds is 4. The number of fused-ring (bicyclic) bond motifs is 1. The number of ether oxygens (including phenoxy) is 2. The van der Waals surface area contributed by atoms with Gasteiger partial charge in [0.05, 0.1) is 25.6 Å². The number of esters is 1. The molecule has 19 heavy (non-hydrogen) atoms. The standard InChI is InChI=1S/C14H16O5/c1-2-18-12(15)8-9-4-3-5-10-11(14(16)17)6-7-19-13(9)10/h3-5,11H,2,6-8H2,1H3,(H,16,17). The van der Waals surface area contributed by atoms with E-state index in [-0.39, 0.29) is 12.4 Å². The minimum atomic E-state index is -0.863. The average molecular weight is 264 g/mol. The van der Waals surface area contributed by atoms with E-state index >= 15 is 0 Å². The predicted octanol–water partition coefficient (Wildman–Crippen LogP) is 1.74. The number of hydrogen-bond acceptors (Lipinski definition) is 4. The summed E-state index contributed by atoms with van der Waals surface area (Å²) >= 11 is 0. The lowest BCUT2D eigenvalue weighted by Gasteiger charge is -2.25. The van der Waals surface area contributed by atoms with Crippen molar-refractivity contribution in [1.29, 1.82) is 0 Å². The normalized spacial score (nSPS) is 17.2. The molecule has 1 aliphatic heterocycles. The third-order valence-electron chi connectivity index (χ3n) is 3.09. The van der Waals surface area contributed by atoms with Gasteiger partial charge < -0.3 is 14.6 Å². The number of carbonyl (C=O) groups is 2. The molecule has 0 saturated carbocycles. The zero-order valence-electron chi connectivity index (χ0n) is 10.7. The summed E-state index contributed by atoms with van der Waals surface area (Å²) in [5, 5.41) is 9.19. The van der Waals surface area contributed by atoms with Crippen LogP contribution in [0.3, 0.4) is 0 Å². The van der Waals surface area contributed by atoms with Crippen LogP contribution in [0.5, 0.6) is 5.75 Å². The van der Waals surface area contributed by atoms with Gasteiger partial charge in [-0.2, -0.15) is 0 Å². The molecule has 1 aromatic rings. The molecule has 0 aromatic heterocycles. The Morgan fingerprint density at radius 2 is 2.26 bits per heavy atom. The van der Waals surface area contributed by atoms with E-state index < -0.39 is 11.9 Å². The van der Waals surface area contributed by atoms with Crippen LogP contribution in [0.2, 0.25) is 0 Å². The summed E-state index contributed by atoms with van der Waals surface area (Å²) in [5.41, 5.74) is 1.32. The Morgan fingerprint density at radius 3 is 2.95 bits per heavy atom. The Kier molecular flexibility index (Phi) is 4.04. The lowest BCUT2D eigenvalue weighted by atomic mass is 9.91. The van der Waals surface area contributed by atoms with E-state index in [0.717, 1.165) is 0 Å². The summed E-state index contributed by atoms with van der Waals surface area (Å²) in [6, 6.07) is 5.25. The van der Waals surface area contributed by atoms with Gasteiger partial charge in [0.25, 0.3) is 0 Å². The van der Waals surface area contributed by atoms with Crippen molar-refractivity contribution in [3.63, 3.8) is 0 Å². The molecule has 0 saturated heterocycles. The molecule has 1 aliphatic rings. The lowest BCUT2D eigenvalue weighted by Crippen LogP contribution is -2.22. The fourth-order valence-electron chi connectivity index (χ4n) is 2.25. The van der Waals surface area contributed by atoms with E-state index in [0.29, 0.717) is 36.5 Å². The van der Waals surface area contributed by atoms with Crippen molar-refractivity contribution in [2.24, 2.45) is 0 Å². The van der Waals surface area contributed by atoms with Crippen molar-refractivity contribution < 1.29 is 24.2 Å². The molecule has 0 aliphatic carbocycles. The van der Waals surface area contributed by atoms with Crippen molar-refractivity contribution in [3.05, 3.63) is 29.3 Å². The second-order valence-electron chi connectivity index (χ2n) is 4.35. The second-order valence-corrected chi connectivity index (χ2v) is 4.35. The molecule has 1 N–H and O–H groups in total. The molecule has 102 valence electrons. The molecular formula is C14H16O5. The summed E-state index contributed by atoms with van der Waals surface area (Å²) < 4.78 is 10.4. The van der Waals surface area contributed by atoms with Gasteiger partial charge in [-0.05, 0) is 13.3 Å². The largest absolute Gasteiger partial charge is 0.493 e. The van der Waals surface area contributed by atoms with E-state index in [1.54, 1.807) is 25.1 Å². The minimum Gasteiger partial charge on any atom is -0.493 e. The van der Waals surface area contributed by atoms with Crippen LogP contribution in [0.25, 0.3) is 0 Å². The molecule has 0 bridgehead atoms. The van der Waals surface area contributed by atoms with Gasteiger partial charge in [0.2, 0.25) is 0 Å². The number of aliphatic carboxylic acids is 1. The van der Waals surface area contributed by atoms with Gasteiger partial charge in [-0.25, -0.2) is 0 Å². The number of carboxylic acids is 1. The Hall–Kier alpha value is -2.04. The zero-order chi connectivity index (χ0) is 13.8. The van der Waals surface area contributed by atoms with Crippen LogP contribution < -0.4 is 4.74 Å². The van der Waals surface area contributed by atoms with Crippen LogP contribution in [-0.2, 0) is 20.7 Å². The monoisotopic (exact) mass is 264 g/mol. The quantitative estimate of drug-likeness (QED) is 0.839. The molecule has 1 unspecified atom stereocenters. The highest BCUT2D eigenvalue weighted by Crippen LogP contribution is 2.36. The number of hydrogen-bond donors (Lipinski definition) is 1. The van der Waals surface area contributed by atoms with Gasteiger partial charge >= 0.3 is 11.9 Å². The third kappa shape index (κ3) is 2.86. The van der Waals surface area contributed by atoms with Crippen LogP contribution >= 0.6 is 0 Å². The van der Waals surface area contributed by atoms with Crippen molar-refractivity contribution in [2.45, 2.75) is 25.7 Å². The molecule has 2 rings (SSSR count). The van der Waals surface area contributed by atoms with Crippen LogP contribution in [0.15, 0.2) is 18.2 Å². The van der Waals surface area contributed by atoms with Crippen molar-refractivity contribution in [1.82, 2.24) is 0 Å². The van der Waals surface area contributed by atoms with Crippen molar-refractivity contribution >= 4 is 11.9 Å². The maximum atomic E-state index is 11.5. The zero-order valence-corrected chi connectivity index (χ0v) is 10.7. The van der Waals surface area contributed by atoms with Crippen molar-refractivity contribution in [2.75, 3.05) is 13.2 Å². The third-order valence-corrected chi connectivity index (χ3v) is 3.09. The van der Waals surface area contributed by atoms with Gasteiger partial charge in [0.1, 0.15) is 5.75 Å². The van der Waals surface area contributed by atoms with Gasteiger partial charge in [0, 0.05) is 11.1 Å². The van der Waals surface area contributed by atoms with Gasteiger partial charge in [0.15, 0.2) is 0 Å². The van der Waals surface area contributed by atoms with E-state index in [2.05, 4.69) is 0 Å². The average Bonchev–Trinajstić information content (AvgIpc) is 2.38.